The van der Waals surface area contributed by atoms with Crippen molar-refractivity contribution in [2.75, 3.05) is 13.1 Å². The fourth-order valence-electron chi connectivity index (χ4n) is 5.13. The molecule has 2 heterocycles. The molecule has 0 aromatic heterocycles. The molecule has 0 N–H and O–H groups in total. The minimum atomic E-state index is -0.507. The molecule has 0 atom stereocenters. The van der Waals surface area contributed by atoms with E-state index in [0.717, 1.165) is 16.7 Å². The highest BCUT2D eigenvalue weighted by atomic mass is 35.5. The summed E-state index contributed by atoms with van der Waals surface area (Å²) in [6, 6.07) is 20.3. The number of carbonyl (C=O) groups excluding carboxylic acids is 1. The van der Waals surface area contributed by atoms with Gasteiger partial charge in [-0.2, -0.15) is 0 Å². The van der Waals surface area contributed by atoms with Crippen LogP contribution in [0.2, 0.25) is 10.0 Å². The molecule has 1 amide bonds. The van der Waals surface area contributed by atoms with E-state index >= 15 is 0 Å². The monoisotopic (exact) mass is 564 g/mol. The molecule has 1 spiro atoms. The summed E-state index contributed by atoms with van der Waals surface area (Å²) >= 11 is 12.5. The second kappa shape index (κ2) is 10.8. The number of likely N-dealkylation sites (tertiary alicyclic amines) is 1. The lowest BCUT2D eigenvalue weighted by Crippen LogP contribution is -2.46. The first-order valence-corrected chi connectivity index (χ1v) is 13.9. The maximum Gasteiger partial charge on any atom is 0.247 e. The molecule has 2 aliphatic rings. The lowest BCUT2D eigenvalue weighted by molar-refractivity contribution is -0.131. The van der Waals surface area contributed by atoms with Gasteiger partial charge in [-0.3, -0.25) is 4.79 Å². The third-order valence-corrected chi connectivity index (χ3v) is 8.31. The van der Waals surface area contributed by atoms with Crippen LogP contribution in [0.4, 0.5) is 4.39 Å². The van der Waals surface area contributed by atoms with Crippen molar-refractivity contribution in [3.8, 4) is 0 Å². The lowest BCUT2D eigenvalue weighted by Gasteiger charge is -2.37. The Morgan fingerprint density at radius 2 is 1.64 bits per heavy atom. The van der Waals surface area contributed by atoms with Crippen molar-refractivity contribution in [1.29, 1.82) is 0 Å². The van der Waals surface area contributed by atoms with Gasteiger partial charge in [-0.25, -0.2) is 4.39 Å². The van der Waals surface area contributed by atoms with Crippen LogP contribution in [-0.4, -0.2) is 35.2 Å². The number of piperidine rings is 1. The Morgan fingerprint density at radius 3 is 2.28 bits per heavy atom. The SMILES string of the molecule is CC(C)(C)c1ccc(C(=CC(=O)N2CCC3(CC2)CC(c2ccccc2F)=NO3)c2ccc(Cl)c(Cl)c2)cc1. The number of oxime groups is 1. The van der Waals surface area contributed by atoms with E-state index in [1.807, 2.05) is 23.1 Å². The minimum absolute atomic E-state index is 0.0176. The van der Waals surface area contributed by atoms with Gasteiger partial charge in [0.1, 0.15) is 11.4 Å². The predicted molar refractivity (Wildman–Crippen MR) is 156 cm³/mol. The maximum atomic E-state index is 14.3. The van der Waals surface area contributed by atoms with Gasteiger partial charge in [-0.05, 0) is 45.9 Å². The molecule has 2 aliphatic heterocycles. The molecule has 202 valence electrons. The third-order valence-electron chi connectivity index (χ3n) is 7.57. The molecule has 0 saturated carbocycles. The van der Waals surface area contributed by atoms with Crippen LogP contribution in [0.5, 0.6) is 0 Å². The highest BCUT2D eigenvalue weighted by Gasteiger charge is 2.43. The van der Waals surface area contributed by atoms with Gasteiger partial charge in [-0.1, -0.05) is 97.7 Å². The highest BCUT2D eigenvalue weighted by Crippen LogP contribution is 2.37. The molecule has 3 aromatic carbocycles. The molecular weight excluding hydrogens is 534 g/mol. The molecular formula is C32H31Cl2FN2O2. The van der Waals surface area contributed by atoms with Gasteiger partial charge in [0.2, 0.25) is 5.91 Å². The van der Waals surface area contributed by atoms with Gasteiger partial charge in [0, 0.05) is 44.0 Å². The van der Waals surface area contributed by atoms with E-state index < -0.39 is 5.60 Å². The summed E-state index contributed by atoms with van der Waals surface area (Å²) in [4.78, 5) is 21.2. The minimum Gasteiger partial charge on any atom is -0.388 e. The van der Waals surface area contributed by atoms with Crippen molar-refractivity contribution in [1.82, 2.24) is 4.90 Å². The Morgan fingerprint density at radius 1 is 0.974 bits per heavy atom. The van der Waals surface area contributed by atoms with Crippen LogP contribution in [0.15, 0.2) is 78.0 Å². The number of hydrogen-bond acceptors (Lipinski definition) is 3. The summed E-state index contributed by atoms with van der Waals surface area (Å²) in [5.41, 5.74) is 4.33. The largest absolute Gasteiger partial charge is 0.388 e. The molecule has 0 unspecified atom stereocenters. The molecule has 0 bridgehead atoms. The number of carbonyl (C=O) groups is 1. The van der Waals surface area contributed by atoms with Crippen LogP contribution >= 0.6 is 23.2 Å². The smallest absolute Gasteiger partial charge is 0.247 e. The van der Waals surface area contributed by atoms with Crippen LogP contribution in [-0.2, 0) is 15.0 Å². The Hall–Kier alpha value is -3.15. The average Bonchev–Trinajstić information content (AvgIpc) is 3.32. The summed E-state index contributed by atoms with van der Waals surface area (Å²) in [6.07, 6.45) is 3.45. The average molecular weight is 566 g/mol. The standard InChI is InChI=1S/C32H31Cl2FN2O2/c1-31(2,3)23-11-8-21(9-12-23)25(22-10-13-26(33)27(34)18-22)19-30(38)37-16-14-32(15-17-37)20-29(36-39-32)24-6-4-5-7-28(24)35/h4-13,18-19H,14-17,20H2,1-3H3. The molecule has 0 radical (unpaired) electrons. The van der Waals surface area contributed by atoms with Gasteiger partial charge in [0.15, 0.2) is 0 Å². The number of halogens is 3. The topological polar surface area (TPSA) is 41.9 Å². The van der Waals surface area contributed by atoms with Crippen LogP contribution in [0.25, 0.3) is 5.57 Å². The van der Waals surface area contributed by atoms with E-state index in [1.165, 1.54) is 11.6 Å². The molecule has 0 aliphatic carbocycles. The molecule has 1 saturated heterocycles. The molecule has 5 rings (SSSR count). The van der Waals surface area contributed by atoms with E-state index in [-0.39, 0.29) is 17.1 Å². The van der Waals surface area contributed by atoms with Gasteiger partial charge in [-0.15, -0.1) is 0 Å². The summed E-state index contributed by atoms with van der Waals surface area (Å²) in [7, 11) is 0. The van der Waals surface area contributed by atoms with Crippen LogP contribution < -0.4 is 0 Å². The van der Waals surface area contributed by atoms with Crippen molar-refractivity contribution in [2.24, 2.45) is 5.16 Å². The fourth-order valence-corrected chi connectivity index (χ4v) is 5.42. The number of hydrogen-bond donors (Lipinski definition) is 0. The summed E-state index contributed by atoms with van der Waals surface area (Å²) in [6.45, 7) is 7.55. The van der Waals surface area contributed by atoms with Gasteiger partial charge >= 0.3 is 0 Å². The normalized spacial score (nSPS) is 17.2. The van der Waals surface area contributed by atoms with E-state index in [0.29, 0.717) is 53.7 Å². The lowest BCUT2D eigenvalue weighted by atomic mass is 9.85. The van der Waals surface area contributed by atoms with Crippen molar-refractivity contribution in [3.05, 3.63) is 111 Å². The van der Waals surface area contributed by atoms with E-state index in [9.17, 15) is 9.18 Å². The van der Waals surface area contributed by atoms with Gasteiger partial charge in [0.05, 0.1) is 15.8 Å². The Bertz CT molecular complexity index is 1450. The van der Waals surface area contributed by atoms with Gasteiger partial charge < -0.3 is 9.74 Å². The van der Waals surface area contributed by atoms with Crippen molar-refractivity contribution in [2.45, 2.75) is 51.0 Å². The van der Waals surface area contributed by atoms with Gasteiger partial charge in [0.25, 0.3) is 0 Å². The number of benzene rings is 3. The highest BCUT2D eigenvalue weighted by molar-refractivity contribution is 6.42. The molecule has 4 nitrogen and oxygen atoms in total. The molecule has 7 heteroatoms. The third kappa shape index (κ3) is 5.90. The quantitative estimate of drug-likeness (QED) is 0.301. The summed E-state index contributed by atoms with van der Waals surface area (Å²) in [5.74, 6) is -0.390. The van der Waals surface area contributed by atoms with Crippen molar-refractivity contribution >= 4 is 40.4 Å². The van der Waals surface area contributed by atoms with E-state index in [2.05, 4.69) is 38.1 Å². The molecule has 3 aromatic rings. The van der Waals surface area contributed by atoms with Crippen LogP contribution in [0.1, 0.15) is 62.3 Å². The predicted octanol–water partition coefficient (Wildman–Crippen LogP) is 8.05. The number of rotatable bonds is 4. The Balaban J connectivity index is 1.35. The number of amides is 1. The van der Waals surface area contributed by atoms with Crippen molar-refractivity contribution < 1.29 is 14.0 Å². The Kier molecular flexibility index (Phi) is 7.58. The zero-order chi connectivity index (χ0) is 27.8. The summed E-state index contributed by atoms with van der Waals surface area (Å²) in [5, 5.41) is 5.11. The van der Waals surface area contributed by atoms with E-state index in [4.69, 9.17) is 28.0 Å². The van der Waals surface area contributed by atoms with E-state index in [1.54, 1.807) is 36.4 Å². The van der Waals surface area contributed by atoms with Crippen LogP contribution in [0.3, 0.4) is 0 Å². The maximum absolute atomic E-state index is 14.3. The molecule has 39 heavy (non-hydrogen) atoms. The fraction of sp³-hybridized carbons (Fsp3) is 0.312. The first kappa shape index (κ1) is 27.4. The first-order valence-electron chi connectivity index (χ1n) is 13.1. The first-order chi connectivity index (χ1) is 18.5. The second-order valence-corrected chi connectivity index (χ2v) is 12.1. The van der Waals surface area contributed by atoms with Crippen LogP contribution in [0, 0.1) is 5.82 Å². The van der Waals surface area contributed by atoms with Crippen molar-refractivity contribution in [3.63, 3.8) is 0 Å². The zero-order valence-corrected chi connectivity index (χ0v) is 23.8. The number of nitrogens with zero attached hydrogens (tertiary/aromatic N) is 2. The summed E-state index contributed by atoms with van der Waals surface area (Å²) < 4.78 is 14.3. The zero-order valence-electron chi connectivity index (χ0n) is 22.3. The second-order valence-electron chi connectivity index (χ2n) is 11.3. The Labute approximate surface area is 239 Å². The molecule has 1 fully saturated rings.